The van der Waals surface area contributed by atoms with Gasteiger partial charge in [-0.3, -0.25) is 9.78 Å². The van der Waals surface area contributed by atoms with Crippen molar-refractivity contribution in [3.63, 3.8) is 0 Å². The summed E-state index contributed by atoms with van der Waals surface area (Å²) in [6.07, 6.45) is 7.53. The number of carbonyl (C=O) groups excluding carboxylic acids is 1. The predicted molar refractivity (Wildman–Crippen MR) is 80.2 cm³/mol. The molecule has 0 radical (unpaired) electrons. The van der Waals surface area contributed by atoms with Crippen molar-refractivity contribution in [1.29, 1.82) is 0 Å². The van der Waals surface area contributed by atoms with Gasteiger partial charge in [-0.15, -0.1) is 0 Å². The number of carbonyl (C=O) groups is 1. The molecule has 2 aromatic rings. The van der Waals surface area contributed by atoms with E-state index in [1.165, 1.54) is 24.6 Å². The van der Waals surface area contributed by atoms with Crippen LogP contribution in [0.2, 0.25) is 0 Å². The molecule has 0 saturated heterocycles. The lowest BCUT2D eigenvalue weighted by atomic mass is 9.88. The summed E-state index contributed by atoms with van der Waals surface area (Å²) in [6.45, 7) is 0.524. The second kappa shape index (κ2) is 6.04. The number of fused-ring (bicyclic) bond motifs is 1. The Morgan fingerprint density at radius 3 is 2.80 bits per heavy atom. The van der Waals surface area contributed by atoms with Gasteiger partial charge in [-0.25, -0.2) is 0 Å². The first-order valence-corrected chi connectivity index (χ1v) is 7.45. The molecule has 104 valence electrons. The Morgan fingerprint density at radius 2 is 1.95 bits per heavy atom. The van der Waals surface area contributed by atoms with Crippen LogP contribution in [0.5, 0.6) is 0 Å². The van der Waals surface area contributed by atoms with Crippen LogP contribution < -0.4 is 5.32 Å². The molecule has 1 aliphatic rings. The zero-order valence-electron chi connectivity index (χ0n) is 11.6. The van der Waals surface area contributed by atoms with Crippen LogP contribution in [-0.2, 0) is 11.3 Å². The van der Waals surface area contributed by atoms with E-state index in [-0.39, 0.29) is 11.8 Å². The molecule has 0 atom stereocenters. The van der Waals surface area contributed by atoms with Crippen molar-refractivity contribution < 1.29 is 4.79 Å². The highest BCUT2D eigenvalue weighted by molar-refractivity contribution is 5.85. The van der Waals surface area contributed by atoms with Crippen molar-refractivity contribution in [1.82, 2.24) is 10.3 Å². The predicted octanol–water partition coefficient (Wildman–Crippen LogP) is 3.43. The summed E-state index contributed by atoms with van der Waals surface area (Å²) >= 11 is 0. The van der Waals surface area contributed by atoms with Gasteiger partial charge in [0, 0.05) is 17.5 Å². The zero-order valence-corrected chi connectivity index (χ0v) is 11.6. The number of pyridine rings is 1. The summed E-state index contributed by atoms with van der Waals surface area (Å²) in [5, 5.41) is 5.35. The van der Waals surface area contributed by atoms with Gasteiger partial charge in [0.1, 0.15) is 0 Å². The van der Waals surface area contributed by atoms with Crippen LogP contribution in [0.4, 0.5) is 0 Å². The fourth-order valence-electron chi connectivity index (χ4n) is 3.00. The first kappa shape index (κ1) is 13.1. The molecular formula is C17H20N2O. The molecule has 3 rings (SSSR count). The third-order valence-electron chi connectivity index (χ3n) is 4.16. The van der Waals surface area contributed by atoms with Crippen molar-refractivity contribution in [2.24, 2.45) is 5.92 Å². The summed E-state index contributed by atoms with van der Waals surface area (Å²) in [5.74, 6) is 0.401. The number of nitrogens with one attached hydrogen (secondary N) is 1. The number of aromatic nitrogens is 1. The first-order valence-electron chi connectivity index (χ1n) is 7.45. The van der Waals surface area contributed by atoms with Crippen molar-refractivity contribution in [3.8, 4) is 0 Å². The second-order valence-electron chi connectivity index (χ2n) is 5.53. The smallest absolute Gasteiger partial charge is 0.223 e. The molecule has 1 amide bonds. The van der Waals surface area contributed by atoms with Crippen LogP contribution in [0.15, 0.2) is 36.5 Å². The van der Waals surface area contributed by atoms with E-state index in [1.807, 2.05) is 24.4 Å². The SMILES string of the molecule is O=C(NCc1nccc2ccccc12)C1CCCCC1. The minimum Gasteiger partial charge on any atom is -0.350 e. The molecule has 1 aromatic carbocycles. The third-order valence-corrected chi connectivity index (χ3v) is 4.16. The van der Waals surface area contributed by atoms with Gasteiger partial charge in [-0.2, -0.15) is 0 Å². The second-order valence-corrected chi connectivity index (χ2v) is 5.53. The highest BCUT2D eigenvalue weighted by Gasteiger charge is 2.20. The van der Waals surface area contributed by atoms with E-state index in [2.05, 4.69) is 22.4 Å². The number of amides is 1. The lowest BCUT2D eigenvalue weighted by molar-refractivity contribution is -0.126. The maximum Gasteiger partial charge on any atom is 0.223 e. The van der Waals surface area contributed by atoms with Gasteiger partial charge < -0.3 is 5.32 Å². The highest BCUT2D eigenvalue weighted by atomic mass is 16.1. The van der Waals surface area contributed by atoms with Crippen molar-refractivity contribution in [3.05, 3.63) is 42.2 Å². The number of benzene rings is 1. The third kappa shape index (κ3) is 2.82. The Hall–Kier alpha value is -1.90. The van der Waals surface area contributed by atoms with Gasteiger partial charge in [0.15, 0.2) is 0 Å². The van der Waals surface area contributed by atoms with E-state index in [0.29, 0.717) is 6.54 Å². The van der Waals surface area contributed by atoms with Crippen LogP contribution in [0.25, 0.3) is 10.8 Å². The van der Waals surface area contributed by atoms with E-state index in [0.717, 1.165) is 23.9 Å². The van der Waals surface area contributed by atoms with Crippen molar-refractivity contribution in [2.75, 3.05) is 0 Å². The largest absolute Gasteiger partial charge is 0.350 e. The summed E-state index contributed by atoms with van der Waals surface area (Å²) in [5.41, 5.74) is 0.951. The minimum atomic E-state index is 0.194. The number of hydrogen-bond donors (Lipinski definition) is 1. The summed E-state index contributed by atoms with van der Waals surface area (Å²) in [4.78, 5) is 16.6. The van der Waals surface area contributed by atoms with Gasteiger partial charge in [0.25, 0.3) is 0 Å². The molecule has 3 heteroatoms. The molecule has 0 unspecified atom stereocenters. The molecule has 0 spiro atoms. The molecule has 1 aromatic heterocycles. The molecular weight excluding hydrogens is 248 g/mol. The van der Waals surface area contributed by atoms with Crippen molar-refractivity contribution in [2.45, 2.75) is 38.6 Å². The quantitative estimate of drug-likeness (QED) is 0.926. The molecule has 0 aliphatic heterocycles. The Bertz CT molecular complexity index is 597. The van der Waals surface area contributed by atoms with E-state index >= 15 is 0 Å². The average Bonchev–Trinajstić information content (AvgIpc) is 2.53. The molecule has 3 nitrogen and oxygen atoms in total. The van der Waals surface area contributed by atoms with Gasteiger partial charge in [0.05, 0.1) is 12.2 Å². The summed E-state index contributed by atoms with van der Waals surface area (Å²) in [7, 11) is 0. The van der Waals surface area contributed by atoms with Gasteiger partial charge in [0.2, 0.25) is 5.91 Å². The van der Waals surface area contributed by atoms with E-state index < -0.39 is 0 Å². The van der Waals surface area contributed by atoms with Crippen LogP contribution >= 0.6 is 0 Å². The van der Waals surface area contributed by atoms with Crippen LogP contribution in [0.1, 0.15) is 37.8 Å². The van der Waals surface area contributed by atoms with E-state index in [4.69, 9.17) is 0 Å². The van der Waals surface area contributed by atoms with Gasteiger partial charge >= 0.3 is 0 Å². The van der Waals surface area contributed by atoms with Gasteiger partial charge in [-0.1, -0.05) is 43.5 Å². The van der Waals surface area contributed by atoms with Crippen LogP contribution in [0, 0.1) is 5.92 Å². The zero-order chi connectivity index (χ0) is 13.8. The van der Waals surface area contributed by atoms with Crippen LogP contribution in [0.3, 0.4) is 0 Å². The standard InChI is InChI=1S/C17H20N2O/c20-17(14-7-2-1-3-8-14)19-12-16-15-9-5-4-6-13(15)10-11-18-16/h4-6,9-11,14H,1-3,7-8,12H2,(H,19,20). The topological polar surface area (TPSA) is 42.0 Å². The Labute approximate surface area is 119 Å². The molecule has 1 N–H and O–H groups in total. The van der Waals surface area contributed by atoms with E-state index in [9.17, 15) is 4.79 Å². The summed E-state index contributed by atoms with van der Waals surface area (Å²) < 4.78 is 0. The fourth-order valence-corrected chi connectivity index (χ4v) is 3.00. The molecule has 1 saturated carbocycles. The highest BCUT2D eigenvalue weighted by Crippen LogP contribution is 2.24. The minimum absolute atomic E-state index is 0.194. The maximum atomic E-state index is 12.2. The molecule has 0 bridgehead atoms. The Balaban J connectivity index is 1.69. The Kier molecular flexibility index (Phi) is 3.95. The van der Waals surface area contributed by atoms with Crippen LogP contribution in [-0.4, -0.2) is 10.9 Å². The maximum absolute atomic E-state index is 12.2. The van der Waals surface area contributed by atoms with Crippen molar-refractivity contribution >= 4 is 16.7 Å². The monoisotopic (exact) mass is 268 g/mol. The first-order chi connectivity index (χ1) is 9.84. The van der Waals surface area contributed by atoms with Gasteiger partial charge in [-0.05, 0) is 24.3 Å². The molecule has 1 aliphatic carbocycles. The molecule has 20 heavy (non-hydrogen) atoms. The molecule has 1 fully saturated rings. The molecule has 1 heterocycles. The lowest BCUT2D eigenvalue weighted by Crippen LogP contribution is -2.31. The average molecular weight is 268 g/mol. The lowest BCUT2D eigenvalue weighted by Gasteiger charge is -2.20. The Morgan fingerprint density at radius 1 is 1.15 bits per heavy atom. The normalized spacial score (nSPS) is 16.2. The number of rotatable bonds is 3. The summed E-state index contributed by atoms with van der Waals surface area (Å²) in [6, 6.07) is 10.2. The fraction of sp³-hybridized carbons (Fsp3) is 0.412. The number of hydrogen-bond acceptors (Lipinski definition) is 2. The number of nitrogens with zero attached hydrogens (tertiary/aromatic N) is 1. The van der Waals surface area contributed by atoms with E-state index in [1.54, 1.807) is 0 Å².